The second kappa shape index (κ2) is 11.7. The molecule has 3 aromatic rings. The summed E-state index contributed by atoms with van der Waals surface area (Å²) in [7, 11) is -2.02. The summed E-state index contributed by atoms with van der Waals surface area (Å²) in [6.45, 7) is 2.94. The number of carbonyl (C=O) groups is 1. The number of benzene rings is 1. The lowest BCUT2D eigenvalue weighted by molar-refractivity contribution is -0.118. The molecule has 2 aliphatic heterocycles. The van der Waals surface area contributed by atoms with Crippen LogP contribution in [0.4, 0.5) is 5.13 Å². The summed E-state index contributed by atoms with van der Waals surface area (Å²) in [4.78, 5) is 26.0. The highest BCUT2D eigenvalue weighted by atomic mass is 32.2. The smallest absolute Gasteiger partial charge is 0.243 e. The maximum Gasteiger partial charge on any atom is 0.243 e. The highest BCUT2D eigenvalue weighted by Crippen LogP contribution is 2.36. The van der Waals surface area contributed by atoms with Gasteiger partial charge in [-0.05, 0) is 55.5 Å². The van der Waals surface area contributed by atoms with Crippen molar-refractivity contribution in [2.75, 3.05) is 38.6 Å². The Labute approximate surface area is 240 Å². The van der Waals surface area contributed by atoms with Crippen molar-refractivity contribution < 1.29 is 17.9 Å². The van der Waals surface area contributed by atoms with Gasteiger partial charge < -0.3 is 10.1 Å². The molecule has 1 aromatic carbocycles. The molecule has 4 heterocycles. The minimum Gasteiger partial charge on any atom is -0.481 e. The lowest BCUT2D eigenvalue weighted by Gasteiger charge is -2.43. The minimum atomic E-state index is -3.59. The molecule has 11 heteroatoms. The van der Waals surface area contributed by atoms with Crippen LogP contribution in [0.1, 0.15) is 62.8 Å². The van der Waals surface area contributed by atoms with Gasteiger partial charge in [-0.15, -0.1) is 0 Å². The van der Waals surface area contributed by atoms with Crippen LogP contribution in [-0.2, 0) is 14.8 Å². The molecule has 40 heavy (non-hydrogen) atoms. The highest BCUT2D eigenvalue weighted by molar-refractivity contribution is 7.89. The normalized spacial score (nSPS) is 21.8. The Balaban J connectivity index is 1.20. The zero-order valence-electron chi connectivity index (χ0n) is 22.9. The predicted molar refractivity (Wildman–Crippen MR) is 156 cm³/mol. The number of amides is 1. The maximum absolute atomic E-state index is 13.6. The van der Waals surface area contributed by atoms with Crippen molar-refractivity contribution in [2.45, 2.75) is 68.2 Å². The molecule has 214 valence electrons. The van der Waals surface area contributed by atoms with Crippen LogP contribution in [0.2, 0.25) is 0 Å². The van der Waals surface area contributed by atoms with Crippen LogP contribution < -0.4 is 10.1 Å². The van der Waals surface area contributed by atoms with Gasteiger partial charge in [0.1, 0.15) is 10.3 Å². The molecule has 0 spiro atoms. The summed E-state index contributed by atoms with van der Waals surface area (Å²) in [6.07, 6.45) is 8.77. The summed E-state index contributed by atoms with van der Waals surface area (Å²) in [6, 6.07) is 10.9. The number of anilines is 1. The van der Waals surface area contributed by atoms with Crippen LogP contribution in [0.3, 0.4) is 0 Å². The Hall–Kier alpha value is -2.60. The number of nitrogens with zero attached hydrogens (tertiary/aromatic N) is 4. The molecule has 3 fully saturated rings. The molecule has 0 bridgehead atoms. The Kier molecular flexibility index (Phi) is 8.07. The van der Waals surface area contributed by atoms with Crippen molar-refractivity contribution in [1.29, 1.82) is 0 Å². The van der Waals surface area contributed by atoms with Crippen molar-refractivity contribution in [3.8, 4) is 5.88 Å². The summed E-state index contributed by atoms with van der Waals surface area (Å²) in [5.74, 6) is 0.470. The number of hydrogen-bond donors (Lipinski definition) is 1. The molecule has 6 rings (SSSR count). The third kappa shape index (κ3) is 5.74. The summed E-state index contributed by atoms with van der Waals surface area (Å²) < 4.78 is 33.9. The number of piperidine rings is 1. The second-order valence-electron chi connectivity index (χ2n) is 11.2. The fraction of sp³-hybridized carbons (Fsp3) is 0.552. The van der Waals surface area contributed by atoms with Crippen molar-refractivity contribution >= 4 is 42.7 Å². The van der Waals surface area contributed by atoms with E-state index >= 15 is 0 Å². The molecular formula is C29H37N5O4S2. The molecule has 3 aliphatic rings. The van der Waals surface area contributed by atoms with Gasteiger partial charge >= 0.3 is 0 Å². The van der Waals surface area contributed by atoms with Crippen LogP contribution in [0.25, 0.3) is 10.3 Å². The molecule has 2 saturated heterocycles. The van der Waals surface area contributed by atoms with E-state index in [9.17, 15) is 13.2 Å². The van der Waals surface area contributed by atoms with Gasteiger partial charge in [-0.25, -0.2) is 18.4 Å². The number of rotatable bonds is 8. The molecule has 1 amide bonds. The Bertz CT molecular complexity index is 1450. The monoisotopic (exact) mass is 583 g/mol. The van der Waals surface area contributed by atoms with Gasteiger partial charge in [0.2, 0.25) is 21.8 Å². The van der Waals surface area contributed by atoms with Crippen molar-refractivity contribution in [1.82, 2.24) is 19.2 Å². The number of piperazine rings is 1. The van der Waals surface area contributed by atoms with Crippen molar-refractivity contribution in [3.05, 3.63) is 42.0 Å². The lowest BCUT2D eigenvalue weighted by Crippen LogP contribution is -2.56. The average Bonchev–Trinajstić information content (AvgIpc) is 3.64. The number of sulfonamides is 1. The molecule has 1 N–H and O–H groups in total. The second-order valence-corrected chi connectivity index (χ2v) is 14.2. The van der Waals surface area contributed by atoms with Crippen molar-refractivity contribution in [3.63, 3.8) is 0 Å². The minimum absolute atomic E-state index is 0.123. The molecule has 2 unspecified atom stereocenters. The molecule has 1 aliphatic carbocycles. The molecule has 9 nitrogen and oxygen atoms in total. The topological polar surface area (TPSA) is 105 Å². The van der Waals surface area contributed by atoms with E-state index in [-0.39, 0.29) is 11.8 Å². The first-order valence-electron chi connectivity index (χ1n) is 14.4. The van der Waals surface area contributed by atoms with Crippen LogP contribution in [0, 0.1) is 5.92 Å². The van der Waals surface area contributed by atoms with Crippen molar-refractivity contribution in [2.24, 2.45) is 5.92 Å². The number of nitrogens with one attached hydrogen (secondary N) is 1. The lowest BCUT2D eigenvalue weighted by atomic mass is 9.87. The first-order valence-corrected chi connectivity index (χ1v) is 16.6. The zero-order valence-corrected chi connectivity index (χ0v) is 24.6. The van der Waals surface area contributed by atoms with E-state index in [1.54, 1.807) is 29.6 Å². The average molecular weight is 584 g/mol. The Morgan fingerprint density at radius 3 is 2.58 bits per heavy atom. The number of ether oxygens (including phenoxy) is 1. The van der Waals surface area contributed by atoms with Gasteiger partial charge in [0, 0.05) is 31.7 Å². The zero-order chi connectivity index (χ0) is 27.7. The molecule has 2 atom stereocenters. The van der Waals surface area contributed by atoms with Gasteiger partial charge in [-0.2, -0.15) is 4.31 Å². The Morgan fingerprint density at radius 2 is 1.80 bits per heavy atom. The van der Waals surface area contributed by atoms with E-state index < -0.39 is 10.0 Å². The predicted octanol–water partition coefficient (Wildman–Crippen LogP) is 4.86. The van der Waals surface area contributed by atoms with Crippen LogP contribution in [0.5, 0.6) is 5.88 Å². The largest absolute Gasteiger partial charge is 0.481 e. The van der Waals surface area contributed by atoms with Crippen LogP contribution in [-0.4, -0.2) is 72.8 Å². The SMILES string of the molecule is COc1ccc2nc(NC(=O)C(CC3CCCC3)c3ccc(S(=O)(=O)N4CCN5CCCCC5C4)cc3)sc2n1. The van der Waals surface area contributed by atoms with E-state index in [1.807, 2.05) is 18.2 Å². The van der Waals surface area contributed by atoms with Crippen LogP contribution in [0.15, 0.2) is 41.3 Å². The third-order valence-electron chi connectivity index (χ3n) is 8.75. The highest BCUT2D eigenvalue weighted by Gasteiger charge is 2.35. The van der Waals surface area contributed by atoms with E-state index in [0.717, 1.165) is 50.8 Å². The fourth-order valence-corrected chi connectivity index (χ4v) is 8.80. The molecular weight excluding hydrogens is 546 g/mol. The number of thiazole rings is 1. The molecule has 0 radical (unpaired) electrons. The van der Waals surface area contributed by atoms with Crippen LogP contribution >= 0.6 is 11.3 Å². The fourth-order valence-electron chi connectivity index (χ4n) is 6.50. The van der Waals surface area contributed by atoms with E-state index in [1.165, 1.54) is 30.6 Å². The number of fused-ring (bicyclic) bond motifs is 2. The van der Waals surface area contributed by atoms with E-state index in [2.05, 4.69) is 20.2 Å². The summed E-state index contributed by atoms with van der Waals surface area (Å²) >= 11 is 1.32. The Morgan fingerprint density at radius 1 is 1.02 bits per heavy atom. The van der Waals surface area contributed by atoms with E-state index in [0.29, 0.717) is 51.3 Å². The number of aromatic nitrogens is 2. The van der Waals surface area contributed by atoms with Gasteiger partial charge in [0.05, 0.1) is 17.9 Å². The van der Waals surface area contributed by atoms with Gasteiger partial charge in [-0.3, -0.25) is 9.69 Å². The number of pyridine rings is 1. The molecule has 1 saturated carbocycles. The summed E-state index contributed by atoms with van der Waals surface area (Å²) in [5, 5.41) is 3.52. The standard InChI is InChI=1S/C29H37N5O4S2/c1-38-26-14-13-25-28(31-26)39-29(30-25)32-27(35)24(18-20-6-2-3-7-20)21-9-11-23(12-10-21)40(36,37)34-17-16-33-15-5-4-8-22(33)19-34/h9-14,20,22,24H,2-8,15-19H2,1H3,(H,30,32,35). The quantitative estimate of drug-likeness (QED) is 0.404. The van der Waals surface area contributed by atoms with Gasteiger partial charge in [-0.1, -0.05) is 55.6 Å². The number of carbonyl (C=O) groups excluding carboxylic acids is 1. The molecule has 2 aromatic heterocycles. The summed E-state index contributed by atoms with van der Waals surface area (Å²) in [5.41, 5.74) is 1.54. The van der Waals surface area contributed by atoms with Gasteiger partial charge in [0.15, 0.2) is 5.13 Å². The van der Waals surface area contributed by atoms with Gasteiger partial charge in [0.25, 0.3) is 0 Å². The number of hydrogen-bond acceptors (Lipinski definition) is 8. The first-order chi connectivity index (χ1) is 19.4. The number of methoxy groups -OCH3 is 1. The van der Waals surface area contributed by atoms with E-state index in [4.69, 9.17) is 4.74 Å². The third-order valence-corrected chi connectivity index (χ3v) is 11.5. The maximum atomic E-state index is 13.6. The first kappa shape index (κ1) is 27.6.